The van der Waals surface area contributed by atoms with E-state index >= 15 is 0 Å². The van der Waals surface area contributed by atoms with E-state index in [-0.39, 0.29) is 17.1 Å². The second-order valence-electron chi connectivity index (χ2n) is 5.67. The van der Waals surface area contributed by atoms with Crippen molar-refractivity contribution >= 4 is 17.1 Å². The SMILES string of the molecule is Cn1cc(-c2cccc(CNc3ccc([N+](=O)[O-])cc3[N+](=O)[O-])c2)cn1. The molecule has 0 aliphatic heterocycles. The lowest BCUT2D eigenvalue weighted by atomic mass is 10.1. The molecule has 9 nitrogen and oxygen atoms in total. The first-order valence-electron chi connectivity index (χ1n) is 7.68. The van der Waals surface area contributed by atoms with Crippen molar-refractivity contribution in [3.8, 4) is 11.1 Å². The van der Waals surface area contributed by atoms with Crippen molar-refractivity contribution in [3.63, 3.8) is 0 Å². The number of nitrogens with zero attached hydrogens (tertiary/aromatic N) is 4. The molecule has 0 amide bonds. The van der Waals surface area contributed by atoms with Crippen molar-refractivity contribution in [2.75, 3.05) is 5.32 Å². The summed E-state index contributed by atoms with van der Waals surface area (Å²) in [7, 11) is 1.84. The molecule has 0 aliphatic carbocycles. The zero-order chi connectivity index (χ0) is 18.7. The van der Waals surface area contributed by atoms with Crippen LogP contribution >= 0.6 is 0 Å². The zero-order valence-corrected chi connectivity index (χ0v) is 13.8. The van der Waals surface area contributed by atoms with Gasteiger partial charge in [0, 0.05) is 31.4 Å². The Kier molecular flexibility index (Phi) is 4.61. The van der Waals surface area contributed by atoms with E-state index < -0.39 is 9.85 Å². The summed E-state index contributed by atoms with van der Waals surface area (Å²) >= 11 is 0. The van der Waals surface area contributed by atoms with E-state index in [1.165, 1.54) is 12.1 Å². The molecule has 0 saturated carbocycles. The Bertz CT molecular complexity index is 983. The van der Waals surface area contributed by atoms with Crippen LogP contribution in [0.4, 0.5) is 17.1 Å². The van der Waals surface area contributed by atoms with Gasteiger partial charge in [0.2, 0.25) is 0 Å². The lowest BCUT2D eigenvalue weighted by Crippen LogP contribution is -2.03. The summed E-state index contributed by atoms with van der Waals surface area (Å²) < 4.78 is 1.71. The summed E-state index contributed by atoms with van der Waals surface area (Å²) in [6, 6.07) is 11.2. The van der Waals surface area contributed by atoms with Crippen LogP contribution < -0.4 is 5.32 Å². The molecule has 0 spiro atoms. The van der Waals surface area contributed by atoms with E-state index in [1.807, 2.05) is 37.5 Å². The molecule has 1 aromatic heterocycles. The first kappa shape index (κ1) is 17.1. The number of nitro benzene ring substituents is 2. The van der Waals surface area contributed by atoms with Gasteiger partial charge in [-0.05, 0) is 23.3 Å². The molecule has 0 radical (unpaired) electrons. The molecule has 2 aromatic carbocycles. The summed E-state index contributed by atoms with van der Waals surface area (Å²) in [5.74, 6) is 0. The highest BCUT2D eigenvalue weighted by molar-refractivity contribution is 5.66. The molecular formula is C17H15N5O4. The minimum Gasteiger partial charge on any atom is -0.375 e. The number of hydrogen-bond acceptors (Lipinski definition) is 6. The van der Waals surface area contributed by atoms with E-state index in [9.17, 15) is 20.2 Å². The molecule has 9 heteroatoms. The van der Waals surface area contributed by atoms with E-state index in [1.54, 1.807) is 10.9 Å². The van der Waals surface area contributed by atoms with Crippen LogP contribution in [0.1, 0.15) is 5.56 Å². The van der Waals surface area contributed by atoms with E-state index in [0.717, 1.165) is 22.8 Å². The van der Waals surface area contributed by atoms with Crippen LogP contribution in [0.3, 0.4) is 0 Å². The number of nitro groups is 2. The Balaban J connectivity index is 1.81. The van der Waals surface area contributed by atoms with Crippen molar-refractivity contribution in [3.05, 3.63) is 80.7 Å². The number of rotatable bonds is 6. The highest BCUT2D eigenvalue weighted by Crippen LogP contribution is 2.29. The summed E-state index contributed by atoms with van der Waals surface area (Å²) in [5, 5.41) is 29.1. The monoisotopic (exact) mass is 353 g/mol. The number of hydrogen-bond donors (Lipinski definition) is 1. The van der Waals surface area contributed by atoms with Crippen molar-refractivity contribution < 1.29 is 9.85 Å². The third-order valence-electron chi connectivity index (χ3n) is 3.84. The lowest BCUT2D eigenvalue weighted by Gasteiger charge is -2.08. The summed E-state index contributed by atoms with van der Waals surface area (Å²) in [6.07, 6.45) is 3.65. The maximum absolute atomic E-state index is 11.2. The van der Waals surface area contributed by atoms with Crippen LogP contribution in [0.5, 0.6) is 0 Å². The third-order valence-corrected chi connectivity index (χ3v) is 3.84. The molecule has 0 bridgehead atoms. The fourth-order valence-electron chi connectivity index (χ4n) is 2.56. The normalized spacial score (nSPS) is 10.5. The number of benzene rings is 2. The van der Waals surface area contributed by atoms with Crippen molar-refractivity contribution in [1.29, 1.82) is 0 Å². The number of non-ortho nitro benzene ring substituents is 1. The van der Waals surface area contributed by atoms with Gasteiger partial charge in [-0.25, -0.2) is 0 Å². The highest BCUT2D eigenvalue weighted by Gasteiger charge is 2.19. The summed E-state index contributed by atoms with van der Waals surface area (Å²) in [6.45, 7) is 0.340. The van der Waals surface area contributed by atoms with Gasteiger partial charge in [0.1, 0.15) is 5.69 Å². The van der Waals surface area contributed by atoms with Gasteiger partial charge >= 0.3 is 0 Å². The fourth-order valence-corrected chi connectivity index (χ4v) is 2.56. The molecule has 0 aliphatic rings. The first-order valence-corrected chi connectivity index (χ1v) is 7.68. The van der Waals surface area contributed by atoms with Crippen LogP contribution in [0.2, 0.25) is 0 Å². The Morgan fingerprint density at radius 3 is 2.54 bits per heavy atom. The minimum atomic E-state index is -0.659. The Morgan fingerprint density at radius 1 is 1.08 bits per heavy atom. The van der Waals surface area contributed by atoms with E-state index in [4.69, 9.17) is 0 Å². The molecule has 26 heavy (non-hydrogen) atoms. The van der Waals surface area contributed by atoms with Gasteiger partial charge in [0.05, 0.1) is 22.1 Å². The fraction of sp³-hybridized carbons (Fsp3) is 0.118. The minimum absolute atomic E-state index is 0.229. The van der Waals surface area contributed by atoms with Gasteiger partial charge in [-0.2, -0.15) is 5.10 Å². The number of nitrogens with one attached hydrogen (secondary N) is 1. The topological polar surface area (TPSA) is 116 Å². The molecule has 0 atom stereocenters. The quantitative estimate of drug-likeness (QED) is 0.535. The van der Waals surface area contributed by atoms with Crippen LogP contribution in [0, 0.1) is 20.2 Å². The van der Waals surface area contributed by atoms with Crippen molar-refractivity contribution in [2.24, 2.45) is 7.05 Å². The van der Waals surface area contributed by atoms with Gasteiger partial charge in [0.15, 0.2) is 0 Å². The van der Waals surface area contributed by atoms with Crippen molar-refractivity contribution in [2.45, 2.75) is 6.54 Å². The largest absolute Gasteiger partial charge is 0.375 e. The van der Waals surface area contributed by atoms with Gasteiger partial charge < -0.3 is 5.32 Å². The van der Waals surface area contributed by atoms with E-state index in [0.29, 0.717) is 6.54 Å². The lowest BCUT2D eigenvalue weighted by molar-refractivity contribution is -0.393. The molecular weight excluding hydrogens is 338 g/mol. The van der Waals surface area contributed by atoms with Gasteiger partial charge in [0.25, 0.3) is 11.4 Å². The number of aryl methyl sites for hydroxylation is 1. The van der Waals surface area contributed by atoms with Crippen LogP contribution in [-0.2, 0) is 13.6 Å². The smallest absolute Gasteiger partial charge is 0.299 e. The molecule has 3 rings (SSSR count). The van der Waals surface area contributed by atoms with Crippen LogP contribution in [0.15, 0.2) is 54.9 Å². The second kappa shape index (κ2) is 7.01. The standard InChI is InChI=1S/C17H15N5O4/c1-20-11-14(10-19-20)13-4-2-3-12(7-13)9-18-16-6-5-15(21(23)24)8-17(16)22(25)26/h2-8,10-11,18H,9H2,1H3. The maximum Gasteiger partial charge on any atom is 0.299 e. The molecule has 1 N–H and O–H groups in total. The van der Waals surface area contributed by atoms with E-state index in [2.05, 4.69) is 10.4 Å². The molecule has 1 heterocycles. The van der Waals surface area contributed by atoms with Gasteiger partial charge in [-0.1, -0.05) is 18.2 Å². The van der Waals surface area contributed by atoms with Crippen LogP contribution in [0.25, 0.3) is 11.1 Å². The predicted molar refractivity (Wildman–Crippen MR) is 95.7 cm³/mol. The van der Waals surface area contributed by atoms with Crippen LogP contribution in [-0.4, -0.2) is 19.6 Å². The third kappa shape index (κ3) is 3.66. The maximum atomic E-state index is 11.2. The average molecular weight is 353 g/mol. The Hall–Kier alpha value is -3.75. The Labute approximate surface area is 148 Å². The molecule has 132 valence electrons. The molecule has 0 fully saturated rings. The number of anilines is 1. The summed E-state index contributed by atoms with van der Waals surface area (Å²) in [4.78, 5) is 20.7. The highest BCUT2D eigenvalue weighted by atomic mass is 16.6. The predicted octanol–water partition coefficient (Wildman–Crippen LogP) is 3.52. The summed E-state index contributed by atoms with van der Waals surface area (Å²) in [5.41, 5.74) is 2.45. The van der Waals surface area contributed by atoms with Crippen molar-refractivity contribution in [1.82, 2.24) is 9.78 Å². The first-order chi connectivity index (χ1) is 12.4. The zero-order valence-electron chi connectivity index (χ0n) is 13.8. The van der Waals surface area contributed by atoms with Gasteiger partial charge in [-0.3, -0.25) is 24.9 Å². The molecule has 3 aromatic rings. The van der Waals surface area contributed by atoms with Gasteiger partial charge in [-0.15, -0.1) is 0 Å². The Morgan fingerprint density at radius 2 is 1.88 bits per heavy atom. The molecule has 0 unspecified atom stereocenters. The molecule has 0 saturated heterocycles. The number of aromatic nitrogens is 2. The average Bonchev–Trinajstić information content (AvgIpc) is 3.06. The second-order valence-corrected chi connectivity index (χ2v) is 5.67.